The average Bonchev–Trinajstić information content (AvgIpc) is 3.43. The molecule has 11 heteroatoms. The van der Waals surface area contributed by atoms with Crippen molar-refractivity contribution in [2.24, 2.45) is 41.4 Å². The van der Waals surface area contributed by atoms with Crippen LogP contribution in [-0.4, -0.2) is 72.1 Å². The van der Waals surface area contributed by atoms with E-state index < -0.39 is 61.9 Å². The Morgan fingerprint density at radius 3 is 1.91 bits per heavy atom. The van der Waals surface area contributed by atoms with E-state index in [0.29, 0.717) is 31.6 Å². The van der Waals surface area contributed by atoms with Gasteiger partial charge in [-0.05, 0) is 80.1 Å². The van der Waals surface area contributed by atoms with Gasteiger partial charge in [-0.15, -0.1) is 24.7 Å². The van der Waals surface area contributed by atoms with Crippen LogP contribution in [-0.2, 0) is 44.5 Å². The number of terminal acetylenes is 2. The van der Waals surface area contributed by atoms with Crippen LogP contribution in [0.3, 0.4) is 0 Å². The van der Waals surface area contributed by atoms with Crippen molar-refractivity contribution in [1.29, 1.82) is 0 Å². The molecule has 0 spiro atoms. The highest BCUT2D eigenvalue weighted by molar-refractivity contribution is 5.71. The number of hydrogen-bond donors (Lipinski definition) is 2. The van der Waals surface area contributed by atoms with Gasteiger partial charge < -0.3 is 33.9 Å². The quantitative estimate of drug-likeness (QED) is 0.0251. The number of aryl methyl sites for hydroxylation is 1. The third kappa shape index (κ3) is 19.6. The van der Waals surface area contributed by atoms with Crippen LogP contribution in [0, 0.1) is 66.1 Å². The number of allylic oxidation sites excluding steroid dienone is 2. The minimum atomic E-state index is -1.29. The number of carbonyl (C=O) groups excluding carboxylic acids is 4. The molecule has 1 aromatic carbocycles. The number of carbonyl (C=O) groups is 4. The van der Waals surface area contributed by atoms with Gasteiger partial charge in [0, 0.05) is 25.2 Å². The summed E-state index contributed by atoms with van der Waals surface area (Å²) in [6, 6.07) is 10.4. The van der Waals surface area contributed by atoms with Crippen molar-refractivity contribution in [1.82, 2.24) is 0 Å². The number of aliphatic hydroxyl groups excluding tert-OH is 2. The van der Waals surface area contributed by atoms with Gasteiger partial charge in [0.25, 0.3) is 0 Å². The highest BCUT2D eigenvalue weighted by Crippen LogP contribution is 2.39. The molecular weight excluding hydrogens is 728 g/mol. The van der Waals surface area contributed by atoms with E-state index in [1.165, 1.54) is 12.5 Å². The molecule has 3 unspecified atom stereocenters. The van der Waals surface area contributed by atoms with E-state index in [9.17, 15) is 29.4 Å². The van der Waals surface area contributed by atoms with Gasteiger partial charge in [-0.25, -0.2) is 4.79 Å². The SMILES string of the molecule is C#CC(CC(=O)OCC(COC(=O)CC(C#C)C(C)C)OC(=O)OC(C)OC(=O)CCC/C=C\C[C@@H]1[C@@H](CC[C@@H](C)CCc2ccccc2)[C@H](O)C[C@@H]1O)C(C)C. The van der Waals surface area contributed by atoms with E-state index in [4.69, 9.17) is 36.5 Å². The monoisotopic (exact) mass is 794 g/mol. The van der Waals surface area contributed by atoms with Crippen molar-refractivity contribution in [3.05, 3.63) is 48.0 Å². The van der Waals surface area contributed by atoms with E-state index in [1.807, 2.05) is 45.9 Å². The van der Waals surface area contributed by atoms with Gasteiger partial charge in [0.05, 0.1) is 25.0 Å². The largest absolute Gasteiger partial charge is 0.511 e. The fraction of sp³-hybridized carbons (Fsp3) is 0.652. The Kier molecular flexibility index (Phi) is 22.8. The molecule has 1 fully saturated rings. The minimum absolute atomic E-state index is 0.0182. The maximum Gasteiger partial charge on any atom is 0.511 e. The molecule has 0 saturated heterocycles. The number of rotatable bonds is 25. The first-order chi connectivity index (χ1) is 27.1. The molecule has 0 aliphatic heterocycles. The summed E-state index contributed by atoms with van der Waals surface area (Å²) in [5.74, 6) is 3.22. The molecule has 0 radical (unpaired) electrons. The maximum atomic E-state index is 12.6. The highest BCUT2D eigenvalue weighted by Gasteiger charge is 2.40. The standard InChI is InChI=1S/C46H66O11/c1-9-36(31(3)4)26-44(50)53-29-38(30-54-45(51)27-37(10-2)32(5)6)57-46(52)56-34(8)55-43(49)21-17-12-11-16-20-39-40(42(48)28-41(39)47)25-23-33(7)22-24-35-18-14-13-15-19-35/h1-2,11,13-16,18-19,31-34,36-42,47-48H,12,17,20-30H2,3-8H3/b16-11-/t33-,34?,36?,37?,38?,39+,40+,41-,42+/m0/s1. The molecular formula is C46H66O11. The van der Waals surface area contributed by atoms with Gasteiger partial charge >= 0.3 is 24.1 Å². The van der Waals surface area contributed by atoms with E-state index >= 15 is 0 Å². The van der Waals surface area contributed by atoms with Gasteiger partial charge in [-0.2, -0.15) is 0 Å². The molecule has 1 aliphatic rings. The van der Waals surface area contributed by atoms with Crippen molar-refractivity contribution in [3.8, 4) is 24.7 Å². The fourth-order valence-corrected chi connectivity index (χ4v) is 6.83. The summed E-state index contributed by atoms with van der Waals surface area (Å²) in [5.41, 5.74) is 1.33. The summed E-state index contributed by atoms with van der Waals surface area (Å²) in [6.07, 6.45) is 16.3. The molecule has 1 saturated carbocycles. The van der Waals surface area contributed by atoms with Crippen molar-refractivity contribution in [3.63, 3.8) is 0 Å². The molecule has 2 N–H and O–H groups in total. The number of aliphatic hydroxyl groups is 2. The molecule has 0 amide bonds. The summed E-state index contributed by atoms with van der Waals surface area (Å²) < 4.78 is 26.1. The number of unbranched alkanes of at least 4 members (excludes halogenated alkanes) is 1. The fourth-order valence-electron chi connectivity index (χ4n) is 6.83. The van der Waals surface area contributed by atoms with Crippen LogP contribution in [0.1, 0.15) is 111 Å². The van der Waals surface area contributed by atoms with E-state index in [2.05, 4.69) is 43.0 Å². The minimum Gasteiger partial charge on any atom is -0.462 e. The van der Waals surface area contributed by atoms with Crippen LogP contribution in [0.4, 0.5) is 4.79 Å². The number of esters is 3. The van der Waals surface area contributed by atoms with Crippen LogP contribution in [0.15, 0.2) is 42.5 Å². The first-order valence-corrected chi connectivity index (χ1v) is 20.5. The van der Waals surface area contributed by atoms with Crippen LogP contribution >= 0.6 is 0 Å². The zero-order valence-corrected chi connectivity index (χ0v) is 34.8. The first kappa shape index (κ1) is 48.8. The summed E-state index contributed by atoms with van der Waals surface area (Å²) in [5, 5.41) is 21.4. The van der Waals surface area contributed by atoms with Gasteiger partial charge in [0.1, 0.15) is 13.2 Å². The van der Waals surface area contributed by atoms with Crippen molar-refractivity contribution < 1.29 is 53.1 Å². The number of hydrogen-bond acceptors (Lipinski definition) is 11. The Morgan fingerprint density at radius 1 is 0.772 bits per heavy atom. The number of benzene rings is 1. The third-order valence-electron chi connectivity index (χ3n) is 10.6. The van der Waals surface area contributed by atoms with Crippen LogP contribution in [0.5, 0.6) is 0 Å². The van der Waals surface area contributed by atoms with E-state index in [0.717, 1.165) is 25.7 Å². The van der Waals surface area contributed by atoms with Crippen LogP contribution < -0.4 is 0 Å². The second kappa shape index (κ2) is 26.6. The number of ether oxygens (including phenoxy) is 5. The second-order valence-corrected chi connectivity index (χ2v) is 16.0. The Hall–Kier alpha value is -4.32. The van der Waals surface area contributed by atoms with Crippen LogP contribution in [0.2, 0.25) is 0 Å². The summed E-state index contributed by atoms with van der Waals surface area (Å²) >= 11 is 0. The lowest BCUT2D eigenvalue weighted by Gasteiger charge is -2.24. The zero-order chi connectivity index (χ0) is 42.3. The normalized spacial score (nSPS) is 20.5. The molecule has 0 heterocycles. The smallest absolute Gasteiger partial charge is 0.462 e. The molecule has 1 aliphatic carbocycles. The lowest BCUT2D eigenvalue weighted by molar-refractivity contribution is -0.172. The van der Waals surface area contributed by atoms with Gasteiger partial charge in [-0.1, -0.05) is 83.5 Å². The summed E-state index contributed by atoms with van der Waals surface area (Å²) in [4.78, 5) is 50.0. The van der Waals surface area contributed by atoms with Gasteiger partial charge in [0.2, 0.25) is 6.29 Å². The predicted octanol–water partition coefficient (Wildman–Crippen LogP) is 7.60. The maximum absolute atomic E-state index is 12.6. The third-order valence-corrected chi connectivity index (χ3v) is 10.6. The Labute approximate surface area is 340 Å². The van der Waals surface area contributed by atoms with E-state index in [-0.39, 0.29) is 54.8 Å². The van der Waals surface area contributed by atoms with Crippen molar-refractivity contribution in [2.45, 2.75) is 137 Å². The zero-order valence-electron chi connectivity index (χ0n) is 34.8. The Morgan fingerprint density at radius 2 is 1.35 bits per heavy atom. The molecule has 1 aromatic rings. The average molecular weight is 795 g/mol. The Bertz CT molecular complexity index is 1430. The molecule has 316 valence electrons. The predicted molar refractivity (Wildman–Crippen MR) is 217 cm³/mol. The molecule has 2 rings (SSSR count). The topological polar surface area (TPSA) is 155 Å². The summed E-state index contributed by atoms with van der Waals surface area (Å²) in [6.45, 7) is 10.3. The lowest BCUT2D eigenvalue weighted by Crippen LogP contribution is -2.33. The van der Waals surface area contributed by atoms with Crippen molar-refractivity contribution >= 4 is 24.1 Å². The molecule has 11 nitrogen and oxygen atoms in total. The van der Waals surface area contributed by atoms with E-state index in [1.54, 1.807) is 0 Å². The summed E-state index contributed by atoms with van der Waals surface area (Å²) in [7, 11) is 0. The molecule has 0 bridgehead atoms. The van der Waals surface area contributed by atoms with Gasteiger partial charge in [0.15, 0.2) is 6.10 Å². The second-order valence-electron chi connectivity index (χ2n) is 16.0. The first-order valence-electron chi connectivity index (χ1n) is 20.5. The molecule has 0 aromatic heterocycles. The van der Waals surface area contributed by atoms with Crippen LogP contribution in [0.25, 0.3) is 0 Å². The lowest BCUT2D eigenvalue weighted by atomic mass is 9.84. The van der Waals surface area contributed by atoms with Gasteiger partial charge in [-0.3, -0.25) is 14.4 Å². The van der Waals surface area contributed by atoms with Crippen molar-refractivity contribution in [2.75, 3.05) is 13.2 Å². The Balaban J connectivity index is 1.78. The molecule has 8 atom stereocenters. The highest BCUT2D eigenvalue weighted by atomic mass is 16.8. The molecule has 57 heavy (non-hydrogen) atoms.